The molecule has 6 nitrogen and oxygen atoms in total. The number of hydrogen-bond donors (Lipinski definition) is 0. The molecule has 0 bridgehead atoms. The molecule has 5 atom stereocenters. The van der Waals surface area contributed by atoms with Crippen LogP contribution in [0.4, 0.5) is 0 Å². The predicted octanol–water partition coefficient (Wildman–Crippen LogP) is 9.27. The molecule has 0 radical (unpaired) electrons. The Morgan fingerprint density at radius 1 is 0.549 bits per heavy atom. The molecule has 0 spiro atoms. The summed E-state index contributed by atoms with van der Waals surface area (Å²) in [5, 5.41) is 2.25. The smallest absolute Gasteiger partial charge is 0.338 e. The lowest BCUT2D eigenvalue weighted by molar-refractivity contribution is -0.242. The molecule has 0 unspecified atom stereocenters. The fourth-order valence-corrected chi connectivity index (χ4v) is 7.32. The number of rotatable bonds is 14. The zero-order valence-electron chi connectivity index (χ0n) is 28.2. The predicted molar refractivity (Wildman–Crippen MR) is 200 cm³/mol. The van der Waals surface area contributed by atoms with Crippen molar-refractivity contribution in [2.24, 2.45) is 0 Å². The molecule has 51 heavy (non-hydrogen) atoms. The highest BCUT2D eigenvalue weighted by atomic mass is 32.2. The van der Waals surface area contributed by atoms with Crippen LogP contribution in [-0.2, 0) is 43.5 Å². The molecule has 6 aromatic rings. The molecule has 1 aliphatic heterocycles. The highest BCUT2D eigenvalue weighted by Crippen LogP contribution is 2.39. The highest BCUT2D eigenvalue weighted by molar-refractivity contribution is 7.99. The molecule has 1 fully saturated rings. The van der Waals surface area contributed by atoms with Gasteiger partial charge in [0.25, 0.3) is 0 Å². The van der Waals surface area contributed by atoms with Crippen molar-refractivity contribution in [3.05, 3.63) is 186 Å². The van der Waals surface area contributed by atoms with Crippen molar-refractivity contribution in [1.82, 2.24) is 0 Å². The number of esters is 1. The number of fused-ring (bicyclic) bond motifs is 1. The average molecular weight is 697 g/mol. The van der Waals surface area contributed by atoms with Gasteiger partial charge in [-0.05, 0) is 51.7 Å². The molecule has 1 aliphatic rings. The minimum Gasteiger partial charge on any atom is -0.452 e. The quantitative estimate of drug-likeness (QED) is 0.105. The largest absolute Gasteiger partial charge is 0.452 e. The van der Waals surface area contributed by atoms with E-state index in [1.165, 1.54) is 11.8 Å². The van der Waals surface area contributed by atoms with Gasteiger partial charge in [0.1, 0.15) is 23.7 Å². The molecule has 0 amide bonds. The van der Waals surface area contributed by atoms with Gasteiger partial charge < -0.3 is 23.7 Å². The third-order valence-electron chi connectivity index (χ3n) is 8.78. The van der Waals surface area contributed by atoms with Gasteiger partial charge in [0.2, 0.25) is 0 Å². The van der Waals surface area contributed by atoms with Gasteiger partial charge in [0, 0.05) is 4.90 Å². The molecular formula is C44H40O6S. The molecule has 1 saturated heterocycles. The van der Waals surface area contributed by atoms with Gasteiger partial charge >= 0.3 is 5.97 Å². The minimum absolute atomic E-state index is 0.244. The van der Waals surface area contributed by atoms with Crippen LogP contribution in [0.1, 0.15) is 27.0 Å². The van der Waals surface area contributed by atoms with Crippen LogP contribution in [0.15, 0.2) is 169 Å². The van der Waals surface area contributed by atoms with Crippen LogP contribution in [0.5, 0.6) is 0 Å². The standard InChI is InChI=1S/C44H40O6S/c45-43(36-22-11-4-12-23-36)50-42-41(48-30-34-19-9-3-10-20-34)40(47-29-33-17-7-2-8-18-33)39(31-46-28-32-15-5-1-6-16-32)49-44(42)51-38-26-25-35-21-13-14-24-37(35)27-38/h1-27,39-42,44H,28-31H2/t39-,40-,41+,42+,44-/m1/s1. The number of carbonyl (C=O) groups excluding carboxylic acids is 1. The first-order chi connectivity index (χ1) is 25.2. The third kappa shape index (κ3) is 9.33. The summed E-state index contributed by atoms with van der Waals surface area (Å²) in [5.74, 6) is -0.456. The van der Waals surface area contributed by atoms with Crippen LogP contribution in [0.2, 0.25) is 0 Å². The summed E-state index contributed by atoms with van der Waals surface area (Å²) >= 11 is 1.51. The Bertz CT molecular complexity index is 1960. The van der Waals surface area contributed by atoms with Crippen LogP contribution >= 0.6 is 11.8 Å². The molecular weight excluding hydrogens is 657 g/mol. The van der Waals surface area contributed by atoms with Crippen LogP contribution in [0, 0.1) is 0 Å². The maximum atomic E-state index is 13.8. The van der Waals surface area contributed by atoms with E-state index in [4.69, 9.17) is 23.7 Å². The SMILES string of the molecule is O=C(O[C@H]1[C@@H](OCc2ccccc2)[C@H](OCc2ccccc2)[C@@H](COCc2ccccc2)O[C@@H]1Sc1ccc2ccccc2c1)c1ccccc1. The molecule has 0 N–H and O–H groups in total. The van der Waals surface area contributed by atoms with Gasteiger partial charge in [0.05, 0.1) is 32.0 Å². The molecule has 0 aliphatic carbocycles. The Balaban J connectivity index is 1.24. The minimum atomic E-state index is -0.830. The van der Waals surface area contributed by atoms with Gasteiger partial charge in [-0.15, -0.1) is 0 Å². The Hall–Kier alpha value is -4.76. The van der Waals surface area contributed by atoms with E-state index in [0.717, 1.165) is 32.4 Å². The van der Waals surface area contributed by atoms with E-state index in [1.807, 2.05) is 121 Å². The van der Waals surface area contributed by atoms with Crippen LogP contribution < -0.4 is 0 Å². The summed E-state index contributed by atoms with van der Waals surface area (Å²) in [7, 11) is 0. The normalized spacial score (nSPS) is 20.2. The zero-order valence-corrected chi connectivity index (χ0v) is 29.0. The molecule has 7 heteroatoms. The summed E-state index contributed by atoms with van der Waals surface area (Å²) in [4.78, 5) is 14.8. The molecule has 1 heterocycles. The number of thioether (sulfide) groups is 1. The van der Waals surface area contributed by atoms with Crippen molar-refractivity contribution in [3.8, 4) is 0 Å². The molecule has 258 valence electrons. The Kier molecular flexibility index (Phi) is 11.9. The third-order valence-corrected chi connectivity index (χ3v) is 9.92. The highest BCUT2D eigenvalue weighted by Gasteiger charge is 2.50. The number of carbonyl (C=O) groups is 1. The van der Waals surface area contributed by atoms with Gasteiger partial charge in [-0.1, -0.05) is 151 Å². The van der Waals surface area contributed by atoms with E-state index in [2.05, 4.69) is 30.3 Å². The molecule has 0 saturated carbocycles. The number of ether oxygens (including phenoxy) is 5. The van der Waals surface area contributed by atoms with E-state index in [0.29, 0.717) is 25.4 Å². The van der Waals surface area contributed by atoms with E-state index in [1.54, 1.807) is 12.1 Å². The second kappa shape index (κ2) is 17.4. The fourth-order valence-electron chi connectivity index (χ4n) is 6.17. The second-order valence-electron chi connectivity index (χ2n) is 12.4. The summed E-state index contributed by atoms with van der Waals surface area (Å²) in [6.07, 6.45) is -2.70. The van der Waals surface area contributed by atoms with E-state index < -0.39 is 35.8 Å². The van der Waals surface area contributed by atoms with Gasteiger partial charge in [-0.25, -0.2) is 4.79 Å². The molecule has 0 aromatic heterocycles. The van der Waals surface area contributed by atoms with Crippen LogP contribution in [-0.4, -0.2) is 42.4 Å². The first-order valence-corrected chi connectivity index (χ1v) is 18.1. The summed E-state index contributed by atoms with van der Waals surface area (Å²) < 4.78 is 33.2. The van der Waals surface area contributed by atoms with Crippen molar-refractivity contribution in [2.75, 3.05) is 6.61 Å². The summed E-state index contributed by atoms with van der Waals surface area (Å²) in [5.41, 5.74) is 2.87. The zero-order chi connectivity index (χ0) is 34.7. The lowest BCUT2D eigenvalue weighted by atomic mass is 9.98. The lowest BCUT2D eigenvalue weighted by Gasteiger charge is -2.45. The van der Waals surface area contributed by atoms with Gasteiger partial charge in [-0.2, -0.15) is 0 Å². The van der Waals surface area contributed by atoms with Crippen LogP contribution in [0.3, 0.4) is 0 Å². The van der Waals surface area contributed by atoms with Crippen molar-refractivity contribution in [2.45, 2.75) is 54.6 Å². The van der Waals surface area contributed by atoms with E-state index >= 15 is 0 Å². The van der Waals surface area contributed by atoms with Crippen molar-refractivity contribution >= 4 is 28.5 Å². The second-order valence-corrected chi connectivity index (χ2v) is 13.6. The number of hydrogen-bond acceptors (Lipinski definition) is 7. The van der Waals surface area contributed by atoms with E-state index in [9.17, 15) is 4.79 Å². The molecule has 7 rings (SSSR count). The maximum Gasteiger partial charge on any atom is 0.338 e. The van der Waals surface area contributed by atoms with Crippen molar-refractivity contribution in [3.63, 3.8) is 0 Å². The van der Waals surface area contributed by atoms with E-state index in [-0.39, 0.29) is 6.61 Å². The van der Waals surface area contributed by atoms with Crippen molar-refractivity contribution < 1.29 is 28.5 Å². The Labute approximate surface area is 303 Å². The fraction of sp³-hybridized carbons (Fsp3) is 0.205. The monoisotopic (exact) mass is 696 g/mol. The van der Waals surface area contributed by atoms with Crippen LogP contribution in [0.25, 0.3) is 10.8 Å². The first kappa shape index (κ1) is 34.7. The Morgan fingerprint density at radius 2 is 1.08 bits per heavy atom. The Morgan fingerprint density at radius 3 is 1.71 bits per heavy atom. The average Bonchev–Trinajstić information content (AvgIpc) is 3.19. The lowest BCUT2D eigenvalue weighted by Crippen LogP contribution is -2.60. The first-order valence-electron chi connectivity index (χ1n) is 17.2. The van der Waals surface area contributed by atoms with Gasteiger partial charge in [-0.3, -0.25) is 0 Å². The maximum absolute atomic E-state index is 13.8. The number of benzene rings is 6. The summed E-state index contributed by atoms with van der Waals surface area (Å²) in [6.45, 7) is 1.27. The topological polar surface area (TPSA) is 63.2 Å². The summed E-state index contributed by atoms with van der Waals surface area (Å²) in [6, 6.07) is 53.6. The van der Waals surface area contributed by atoms with Gasteiger partial charge in [0.15, 0.2) is 6.10 Å². The van der Waals surface area contributed by atoms with Crippen molar-refractivity contribution in [1.29, 1.82) is 0 Å². The molecule has 6 aromatic carbocycles.